The summed E-state index contributed by atoms with van der Waals surface area (Å²) in [6.07, 6.45) is 3.09. The van der Waals surface area contributed by atoms with Gasteiger partial charge in [0.1, 0.15) is 0 Å². The first-order chi connectivity index (χ1) is 12.6. The predicted molar refractivity (Wildman–Crippen MR) is 101 cm³/mol. The van der Waals surface area contributed by atoms with Crippen LogP contribution in [0.5, 0.6) is 0 Å². The number of hydrogen-bond donors (Lipinski definition) is 2. The average Bonchev–Trinajstić information content (AvgIpc) is 2.67. The highest BCUT2D eigenvalue weighted by molar-refractivity contribution is 5.93. The lowest BCUT2D eigenvalue weighted by Gasteiger charge is -2.26. The van der Waals surface area contributed by atoms with Crippen LogP contribution in [0.3, 0.4) is 0 Å². The molecule has 1 aromatic heterocycles. The molecular formula is C19H25N5O2. The zero-order valence-electron chi connectivity index (χ0n) is 15.3. The number of anilines is 2. The lowest BCUT2D eigenvalue weighted by Crippen LogP contribution is -2.41. The smallest absolute Gasteiger partial charge is 0.254 e. The molecule has 3 rings (SSSR count). The van der Waals surface area contributed by atoms with Crippen molar-refractivity contribution in [1.29, 1.82) is 0 Å². The van der Waals surface area contributed by atoms with Gasteiger partial charge in [-0.25, -0.2) is 9.97 Å². The van der Waals surface area contributed by atoms with Crippen molar-refractivity contribution in [3.63, 3.8) is 0 Å². The van der Waals surface area contributed by atoms with Gasteiger partial charge in [0.15, 0.2) is 0 Å². The van der Waals surface area contributed by atoms with Crippen molar-refractivity contribution in [3.8, 4) is 0 Å². The van der Waals surface area contributed by atoms with Crippen LogP contribution in [0.2, 0.25) is 0 Å². The molecule has 1 aromatic carbocycles. The van der Waals surface area contributed by atoms with Crippen LogP contribution in [0.4, 0.5) is 11.6 Å². The van der Waals surface area contributed by atoms with Gasteiger partial charge >= 0.3 is 0 Å². The third kappa shape index (κ3) is 4.77. The monoisotopic (exact) mass is 355 g/mol. The third-order valence-corrected chi connectivity index (χ3v) is 4.58. The van der Waals surface area contributed by atoms with Crippen molar-refractivity contribution >= 4 is 17.5 Å². The summed E-state index contributed by atoms with van der Waals surface area (Å²) in [6, 6.07) is 6.03. The molecule has 1 saturated heterocycles. The molecule has 0 bridgehead atoms. The molecule has 2 aromatic rings. The minimum atomic E-state index is -0.156. The summed E-state index contributed by atoms with van der Waals surface area (Å²) in [4.78, 5) is 23.0. The van der Waals surface area contributed by atoms with Gasteiger partial charge in [0.05, 0.1) is 18.8 Å². The van der Waals surface area contributed by atoms with E-state index in [-0.39, 0.29) is 5.91 Å². The van der Waals surface area contributed by atoms with Gasteiger partial charge < -0.3 is 15.4 Å². The molecule has 0 atom stereocenters. The molecule has 138 valence electrons. The molecule has 26 heavy (non-hydrogen) atoms. The first-order valence-electron chi connectivity index (χ1n) is 8.87. The number of aromatic nitrogens is 2. The number of nitrogens with one attached hydrogen (secondary N) is 2. The molecule has 0 aliphatic carbocycles. The number of nitrogens with zero attached hydrogens (tertiary/aromatic N) is 3. The van der Waals surface area contributed by atoms with Crippen molar-refractivity contribution in [2.75, 3.05) is 44.7 Å². The first-order valence-corrected chi connectivity index (χ1v) is 8.87. The maximum Gasteiger partial charge on any atom is 0.254 e. The predicted octanol–water partition coefficient (Wildman–Crippen LogP) is 1.90. The van der Waals surface area contributed by atoms with E-state index in [9.17, 15) is 4.79 Å². The van der Waals surface area contributed by atoms with Crippen LogP contribution in [0.15, 0.2) is 30.6 Å². The summed E-state index contributed by atoms with van der Waals surface area (Å²) in [6.45, 7) is 8.88. The quantitative estimate of drug-likeness (QED) is 0.824. The molecule has 0 radical (unpaired) electrons. The van der Waals surface area contributed by atoms with Crippen molar-refractivity contribution in [1.82, 2.24) is 20.2 Å². The van der Waals surface area contributed by atoms with Crippen LogP contribution < -0.4 is 10.6 Å². The molecule has 1 aliphatic rings. The average molecular weight is 355 g/mol. The molecule has 2 heterocycles. The SMILES string of the molecule is Cc1cccc(Nc2ncc(C(=O)NCCN3CCOCC3)cn2)c1C. The minimum Gasteiger partial charge on any atom is -0.379 e. The number of morpholine rings is 1. The van der Waals surface area contributed by atoms with Gasteiger partial charge in [0.2, 0.25) is 5.95 Å². The van der Waals surface area contributed by atoms with E-state index in [1.165, 1.54) is 5.56 Å². The lowest BCUT2D eigenvalue weighted by molar-refractivity contribution is 0.0383. The third-order valence-electron chi connectivity index (χ3n) is 4.58. The van der Waals surface area contributed by atoms with Crippen LogP contribution >= 0.6 is 0 Å². The van der Waals surface area contributed by atoms with Gasteiger partial charge in [0.25, 0.3) is 5.91 Å². The van der Waals surface area contributed by atoms with Gasteiger partial charge in [-0.2, -0.15) is 0 Å². The van der Waals surface area contributed by atoms with E-state index in [0.29, 0.717) is 18.1 Å². The Hall–Kier alpha value is -2.51. The zero-order valence-corrected chi connectivity index (χ0v) is 15.3. The second-order valence-corrected chi connectivity index (χ2v) is 6.38. The number of aryl methyl sites for hydroxylation is 1. The Bertz CT molecular complexity index is 742. The number of hydrogen-bond acceptors (Lipinski definition) is 6. The van der Waals surface area contributed by atoms with Gasteiger partial charge in [-0.1, -0.05) is 12.1 Å². The summed E-state index contributed by atoms with van der Waals surface area (Å²) in [5.41, 5.74) is 3.78. The highest BCUT2D eigenvalue weighted by atomic mass is 16.5. The molecule has 1 amide bonds. The molecule has 0 spiro atoms. The Kier molecular flexibility index (Phi) is 6.14. The molecule has 7 heteroatoms. The van der Waals surface area contributed by atoms with Crippen molar-refractivity contribution in [3.05, 3.63) is 47.3 Å². The number of carbonyl (C=O) groups excluding carboxylic acids is 1. The van der Waals surface area contributed by atoms with Crippen LogP contribution in [0, 0.1) is 13.8 Å². The van der Waals surface area contributed by atoms with Gasteiger partial charge in [-0.3, -0.25) is 9.69 Å². The fourth-order valence-corrected chi connectivity index (χ4v) is 2.77. The second kappa shape index (κ2) is 8.73. The molecule has 1 aliphatic heterocycles. The van der Waals surface area contributed by atoms with E-state index in [1.807, 2.05) is 19.1 Å². The largest absolute Gasteiger partial charge is 0.379 e. The molecular weight excluding hydrogens is 330 g/mol. The summed E-state index contributed by atoms with van der Waals surface area (Å²) < 4.78 is 5.31. The molecule has 7 nitrogen and oxygen atoms in total. The number of ether oxygens (including phenoxy) is 1. The molecule has 2 N–H and O–H groups in total. The topological polar surface area (TPSA) is 79.4 Å². The molecule has 0 unspecified atom stereocenters. The molecule has 1 fully saturated rings. The highest BCUT2D eigenvalue weighted by Gasteiger charge is 2.11. The fourth-order valence-electron chi connectivity index (χ4n) is 2.77. The lowest BCUT2D eigenvalue weighted by atomic mass is 10.1. The highest BCUT2D eigenvalue weighted by Crippen LogP contribution is 2.20. The molecule has 0 saturated carbocycles. The van der Waals surface area contributed by atoms with E-state index in [2.05, 4.69) is 38.5 Å². The van der Waals surface area contributed by atoms with Gasteiger partial charge in [-0.05, 0) is 31.0 Å². The van der Waals surface area contributed by atoms with Crippen LogP contribution in [-0.2, 0) is 4.74 Å². The van der Waals surface area contributed by atoms with Gasteiger partial charge in [-0.15, -0.1) is 0 Å². The van der Waals surface area contributed by atoms with Crippen molar-refractivity contribution < 1.29 is 9.53 Å². The summed E-state index contributed by atoms with van der Waals surface area (Å²) in [5, 5.41) is 6.10. The maximum atomic E-state index is 12.2. The number of benzene rings is 1. The Morgan fingerprint density at radius 1 is 1.19 bits per heavy atom. The Balaban J connectivity index is 1.51. The second-order valence-electron chi connectivity index (χ2n) is 6.38. The van der Waals surface area contributed by atoms with Crippen molar-refractivity contribution in [2.45, 2.75) is 13.8 Å². The van der Waals surface area contributed by atoms with E-state index >= 15 is 0 Å². The Morgan fingerprint density at radius 3 is 2.65 bits per heavy atom. The summed E-state index contributed by atoms with van der Waals surface area (Å²) in [5.74, 6) is 0.320. The summed E-state index contributed by atoms with van der Waals surface area (Å²) in [7, 11) is 0. The summed E-state index contributed by atoms with van der Waals surface area (Å²) >= 11 is 0. The normalized spacial score (nSPS) is 14.8. The van der Waals surface area contributed by atoms with E-state index in [1.54, 1.807) is 12.4 Å². The Morgan fingerprint density at radius 2 is 1.92 bits per heavy atom. The maximum absolute atomic E-state index is 12.2. The van der Waals surface area contributed by atoms with Crippen LogP contribution in [-0.4, -0.2) is 60.2 Å². The number of carbonyl (C=O) groups is 1. The van der Waals surface area contributed by atoms with Crippen LogP contribution in [0.1, 0.15) is 21.5 Å². The number of amides is 1. The fraction of sp³-hybridized carbons (Fsp3) is 0.421. The van der Waals surface area contributed by atoms with Crippen molar-refractivity contribution in [2.24, 2.45) is 0 Å². The van der Waals surface area contributed by atoms with Crippen LogP contribution in [0.25, 0.3) is 0 Å². The number of rotatable bonds is 6. The Labute approximate surface area is 153 Å². The van der Waals surface area contributed by atoms with E-state index < -0.39 is 0 Å². The first kappa shape index (κ1) is 18.3. The minimum absolute atomic E-state index is 0.156. The van der Waals surface area contributed by atoms with E-state index in [0.717, 1.165) is 44.1 Å². The zero-order chi connectivity index (χ0) is 18.4. The standard InChI is InChI=1S/C19H25N5O2/c1-14-4-3-5-17(15(14)2)23-19-21-12-16(13-22-19)18(25)20-6-7-24-8-10-26-11-9-24/h3-5,12-13H,6-11H2,1-2H3,(H,20,25)(H,21,22,23). The van der Waals surface area contributed by atoms with Gasteiger partial charge in [0, 0.05) is 44.3 Å². The van der Waals surface area contributed by atoms with E-state index in [4.69, 9.17) is 4.74 Å².